The van der Waals surface area contributed by atoms with E-state index in [9.17, 15) is 9.18 Å². The summed E-state index contributed by atoms with van der Waals surface area (Å²) in [6.45, 7) is 1.87. The number of benzene rings is 1. The molecule has 2 saturated heterocycles. The lowest BCUT2D eigenvalue weighted by molar-refractivity contribution is -0.132. The number of alkyl halides is 1. The quantitative estimate of drug-likeness (QED) is 0.733. The number of hydrogen-bond donors (Lipinski definition) is 0. The second-order valence-corrected chi connectivity index (χ2v) is 8.39. The summed E-state index contributed by atoms with van der Waals surface area (Å²) in [4.78, 5) is 22.9. The van der Waals surface area contributed by atoms with E-state index >= 15 is 0 Å². The molecule has 31 heavy (non-hydrogen) atoms. The van der Waals surface area contributed by atoms with Gasteiger partial charge in [0, 0.05) is 38.0 Å². The third kappa shape index (κ3) is 4.57. The highest BCUT2D eigenvalue weighted by Gasteiger charge is 2.36. The summed E-state index contributed by atoms with van der Waals surface area (Å²) in [5.74, 6) is 0.661. The van der Waals surface area contributed by atoms with Gasteiger partial charge in [0.05, 0.1) is 43.7 Å². The Labute approximate surface area is 182 Å². The summed E-state index contributed by atoms with van der Waals surface area (Å²) >= 11 is 0. The number of amides is 1. The van der Waals surface area contributed by atoms with Gasteiger partial charge in [-0.3, -0.25) is 14.7 Å². The Morgan fingerprint density at radius 3 is 2.84 bits per heavy atom. The predicted molar refractivity (Wildman–Crippen MR) is 117 cm³/mol. The first kappa shape index (κ1) is 21.3. The lowest BCUT2D eigenvalue weighted by Gasteiger charge is -2.38. The zero-order valence-corrected chi connectivity index (χ0v) is 18.0. The Kier molecular flexibility index (Phi) is 6.23. The highest BCUT2D eigenvalue weighted by Crippen LogP contribution is 2.27. The maximum absolute atomic E-state index is 13.6. The first-order valence-electron chi connectivity index (χ1n) is 10.7. The molecular weight excluding hydrogens is 397 g/mol. The topological polar surface area (TPSA) is 72.7 Å². The normalized spacial score (nSPS) is 22.5. The molecule has 2 aliphatic heterocycles. The minimum absolute atomic E-state index is 0.0377. The number of methoxy groups -OCH3 is 1. The van der Waals surface area contributed by atoms with Crippen LogP contribution in [-0.4, -0.2) is 79.3 Å². The van der Waals surface area contributed by atoms with Crippen molar-refractivity contribution in [3.63, 3.8) is 0 Å². The molecule has 0 unspecified atom stereocenters. The van der Waals surface area contributed by atoms with E-state index in [0.29, 0.717) is 6.04 Å². The van der Waals surface area contributed by atoms with Crippen LogP contribution in [0.25, 0.3) is 10.9 Å². The average molecular weight is 426 g/mol. The van der Waals surface area contributed by atoms with E-state index in [1.807, 2.05) is 30.5 Å². The Morgan fingerprint density at radius 2 is 2.13 bits per heavy atom. The summed E-state index contributed by atoms with van der Waals surface area (Å²) in [5.41, 5.74) is 1.98. The van der Waals surface area contributed by atoms with Gasteiger partial charge in [0.2, 0.25) is 5.91 Å². The SMILES string of the molecule is COc1ccc2ncc(N(C)C3CCN(CC(=O)N4C[C@@H](F)C[C@H]4C#N)CC3)cc2c1. The third-order valence-electron chi connectivity index (χ3n) is 6.46. The van der Waals surface area contributed by atoms with Crippen LogP contribution in [0.5, 0.6) is 5.75 Å². The lowest BCUT2D eigenvalue weighted by Crippen LogP contribution is -2.48. The molecule has 0 aliphatic carbocycles. The molecule has 0 saturated carbocycles. The van der Waals surface area contributed by atoms with Gasteiger partial charge in [0.25, 0.3) is 0 Å². The number of nitriles is 1. The second-order valence-electron chi connectivity index (χ2n) is 8.39. The average Bonchev–Trinajstić information content (AvgIpc) is 3.19. The summed E-state index contributed by atoms with van der Waals surface area (Å²) in [6.07, 6.45) is 2.78. The van der Waals surface area contributed by atoms with Gasteiger partial charge in [-0.1, -0.05) is 0 Å². The Balaban J connectivity index is 1.35. The highest BCUT2D eigenvalue weighted by atomic mass is 19.1. The standard InChI is InChI=1S/C23H28FN5O2/c1-27(20-9-16-10-21(31-2)3-4-22(16)26-13-20)18-5-7-28(8-6-18)15-23(30)29-14-17(24)11-19(29)12-25/h3-4,9-10,13,17-19H,5-8,11,14-15H2,1-2H3/t17-,19-/m0/s1. The Morgan fingerprint density at radius 1 is 1.35 bits per heavy atom. The minimum atomic E-state index is -1.09. The third-order valence-corrected chi connectivity index (χ3v) is 6.46. The molecule has 0 spiro atoms. The molecule has 0 N–H and O–H groups in total. The molecule has 0 radical (unpaired) electrons. The van der Waals surface area contributed by atoms with Gasteiger partial charge in [-0.2, -0.15) is 5.26 Å². The van der Waals surface area contributed by atoms with Crippen LogP contribution < -0.4 is 9.64 Å². The van der Waals surface area contributed by atoms with Crippen molar-refractivity contribution in [3.8, 4) is 11.8 Å². The molecule has 2 aromatic rings. The number of aromatic nitrogens is 1. The van der Waals surface area contributed by atoms with Gasteiger partial charge >= 0.3 is 0 Å². The van der Waals surface area contributed by atoms with E-state index in [1.165, 1.54) is 4.90 Å². The summed E-state index contributed by atoms with van der Waals surface area (Å²) < 4.78 is 18.9. The summed E-state index contributed by atoms with van der Waals surface area (Å²) in [7, 11) is 3.74. The fraction of sp³-hybridized carbons (Fsp3) is 0.522. The van der Waals surface area contributed by atoms with E-state index < -0.39 is 12.2 Å². The number of nitrogens with zero attached hydrogens (tertiary/aromatic N) is 5. The summed E-state index contributed by atoms with van der Waals surface area (Å²) in [5, 5.41) is 10.2. The van der Waals surface area contributed by atoms with Crippen LogP contribution in [0, 0.1) is 11.3 Å². The number of hydrogen-bond acceptors (Lipinski definition) is 6. The van der Waals surface area contributed by atoms with Crippen LogP contribution in [-0.2, 0) is 4.79 Å². The molecule has 164 valence electrons. The molecule has 2 atom stereocenters. The highest BCUT2D eigenvalue weighted by molar-refractivity contribution is 5.83. The van der Waals surface area contributed by atoms with Crippen LogP contribution in [0.15, 0.2) is 30.5 Å². The van der Waals surface area contributed by atoms with Gasteiger partial charge in [-0.15, -0.1) is 0 Å². The molecule has 4 rings (SSSR count). The van der Waals surface area contributed by atoms with Gasteiger partial charge in [-0.25, -0.2) is 4.39 Å². The maximum atomic E-state index is 13.6. The number of ether oxygens (including phenoxy) is 1. The second kappa shape index (κ2) is 9.06. The molecule has 8 heteroatoms. The maximum Gasteiger partial charge on any atom is 0.237 e. The van der Waals surface area contributed by atoms with E-state index in [1.54, 1.807) is 7.11 Å². The van der Waals surface area contributed by atoms with Crippen LogP contribution in [0.4, 0.5) is 10.1 Å². The fourth-order valence-corrected chi connectivity index (χ4v) is 4.56. The van der Waals surface area contributed by atoms with Crippen LogP contribution in [0.1, 0.15) is 19.3 Å². The van der Waals surface area contributed by atoms with Crippen molar-refractivity contribution in [2.45, 2.75) is 37.5 Å². The molecule has 2 aliphatic rings. The van der Waals surface area contributed by atoms with Gasteiger partial charge in [-0.05, 0) is 37.1 Å². The lowest BCUT2D eigenvalue weighted by atomic mass is 10.0. The largest absolute Gasteiger partial charge is 0.497 e. The van der Waals surface area contributed by atoms with Gasteiger partial charge < -0.3 is 14.5 Å². The number of rotatable bonds is 5. The van der Waals surface area contributed by atoms with Crippen LogP contribution in [0.2, 0.25) is 0 Å². The minimum Gasteiger partial charge on any atom is -0.497 e. The number of fused-ring (bicyclic) bond motifs is 1. The van der Waals surface area contributed by atoms with E-state index in [-0.39, 0.29) is 25.4 Å². The Hall–Kier alpha value is -2.92. The zero-order valence-electron chi connectivity index (χ0n) is 18.0. The molecule has 0 bridgehead atoms. The van der Waals surface area contributed by atoms with Crippen LogP contribution >= 0.6 is 0 Å². The van der Waals surface area contributed by atoms with Crippen molar-refractivity contribution in [2.75, 3.05) is 45.2 Å². The van der Waals surface area contributed by atoms with Crippen molar-refractivity contribution in [1.82, 2.24) is 14.8 Å². The first-order valence-corrected chi connectivity index (χ1v) is 10.7. The van der Waals surface area contributed by atoms with Crippen molar-refractivity contribution in [2.24, 2.45) is 0 Å². The number of likely N-dealkylation sites (tertiary alicyclic amines) is 2. The van der Waals surface area contributed by atoms with Crippen molar-refractivity contribution >= 4 is 22.5 Å². The van der Waals surface area contributed by atoms with Crippen LogP contribution in [0.3, 0.4) is 0 Å². The van der Waals surface area contributed by atoms with E-state index in [4.69, 9.17) is 10.00 Å². The number of carbonyl (C=O) groups excluding carboxylic acids is 1. The predicted octanol–water partition coefficient (Wildman–Crippen LogP) is 2.61. The molecule has 1 aromatic carbocycles. The first-order chi connectivity index (χ1) is 15.0. The number of pyridine rings is 1. The van der Waals surface area contributed by atoms with Crippen molar-refractivity contribution in [1.29, 1.82) is 5.26 Å². The molecular formula is C23H28FN5O2. The number of anilines is 1. The molecule has 3 heterocycles. The number of piperidine rings is 1. The van der Waals surface area contributed by atoms with E-state index in [2.05, 4.69) is 27.9 Å². The van der Waals surface area contributed by atoms with E-state index in [0.717, 1.165) is 48.3 Å². The monoisotopic (exact) mass is 425 g/mol. The van der Waals surface area contributed by atoms with Crippen molar-refractivity contribution in [3.05, 3.63) is 30.5 Å². The number of carbonyl (C=O) groups is 1. The molecule has 1 aromatic heterocycles. The molecule has 7 nitrogen and oxygen atoms in total. The molecule has 1 amide bonds. The number of halogens is 1. The summed E-state index contributed by atoms with van der Waals surface area (Å²) in [6, 6.07) is 9.75. The Bertz CT molecular complexity index is 986. The molecule has 2 fully saturated rings. The van der Waals surface area contributed by atoms with Crippen molar-refractivity contribution < 1.29 is 13.9 Å². The zero-order chi connectivity index (χ0) is 22.0. The van der Waals surface area contributed by atoms with Gasteiger partial charge in [0.15, 0.2) is 0 Å². The smallest absolute Gasteiger partial charge is 0.237 e. The fourth-order valence-electron chi connectivity index (χ4n) is 4.56. The van der Waals surface area contributed by atoms with Gasteiger partial charge in [0.1, 0.15) is 18.0 Å².